The lowest BCUT2D eigenvalue weighted by Gasteiger charge is -2.16. The minimum Gasteiger partial charge on any atom is -0.478 e. The van der Waals surface area contributed by atoms with E-state index in [4.69, 9.17) is 16.3 Å². The first-order valence-corrected chi connectivity index (χ1v) is 7.13. The molecule has 0 saturated carbocycles. The quantitative estimate of drug-likeness (QED) is 0.745. The van der Waals surface area contributed by atoms with Gasteiger partial charge in [-0.05, 0) is 25.2 Å². The van der Waals surface area contributed by atoms with Crippen LogP contribution < -0.4 is 9.64 Å². The summed E-state index contributed by atoms with van der Waals surface area (Å²) in [4.78, 5) is 11.0. The van der Waals surface area contributed by atoms with Crippen LogP contribution in [0, 0.1) is 5.92 Å². The van der Waals surface area contributed by atoms with Gasteiger partial charge in [-0.2, -0.15) is 4.98 Å². The first-order valence-electron chi connectivity index (χ1n) is 6.60. The average molecular weight is 270 g/mol. The van der Waals surface area contributed by atoms with Crippen molar-refractivity contribution in [2.24, 2.45) is 5.92 Å². The van der Waals surface area contributed by atoms with Crippen molar-refractivity contribution < 1.29 is 4.74 Å². The number of rotatable bonds is 6. The normalized spacial score (nSPS) is 19.2. The molecular formula is C13H20ClN3O. The third-order valence-electron chi connectivity index (χ3n) is 3.16. The smallest absolute Gasteiger partial charge is 0.228 e. The van der Waals surface area contributed by atoms with Gasteiger partial charge in [0.2, 0.25) is 11.8 Å². The van der Waals surface area contributed by atoms with Crippen molar-refractivity contribution in [3.8, 4) is 5.88 Å². The van der Waals surface area contributed by atoms with E-state index in [1.54, 1.807) is 6.20 Å². The number of aromatic nitrogens is 2. The molecule has 2 heterocycles. The van der Waals surface area contributed by atoms with E-state index in [1.807, 2.05) is 6.07 Å². The summed E-state index contributed by atoms with van der Waals surface area (Å²) in [5, 5.41) is 0. The molecule has 1 aromatic rings. The highest BCUT2D eigenvalue weighted by Crippen LogP contribution is 2.24. The Hall–Kier alpha value is -1.03. The summed E-state index contributed by atoms with van der Waals surface area (Å²) in [5.74, 6) is 2.86. The predicted molar refractivity (Wildman–Crippen MR) is 73.5 cm³/mol. The zero-order valence-electron chi connectivity index (χ0n) is 10.8. The maximum absolute atomic E-state index is 5.79. The number of anilines is 1. The molecule has 0 amide bonds. The molecule has 1 saturated heterocycles. The molecule has 4 nitrogen and oxygen atoms in total. The molecule has 0 spiro atoms. The second kappa shape index (κ2) is 6.78. The van der Waals surface area contributed by atoms with Gasteiger partial charge in [-0.15, -0.1) is 11.6 Å². The van der Waals surface area contributed by atoms with Crippen molar-refractivity contribution in [1.29, 1.82) is 0 Å². The first-order chi connectivity index (χ1) is 8.83. The van der Waals surface area contributed by atoms with E-state index < -0.39 is 0 Å². The Morgan fingerprint density at radius 1 is 1.56 bits per heavy atom. The second-order valence-electron chi connectivity index (χ2n) is 4.62. The van der Waals surface area contributed by atoms with E-state index in [1.165, 1.54) is 6.42 Å². The SMILES string of the molecule is CCCOc1ccnc(N2CCC(CCCl)C2)n1. The molecule has 1 aliphatic rings. The summed E-state index contributed by atoms with van der Waals surface area (Å²) in [6.45, 7) is 4.80. The molecule has 5 heteroatoms. The van der Waals surface area contributed by atoms with Crippen LogP contribution in [0.2, 0.25) is 0 Å². The summed E-state index contributed by atoms with van der Waals surface area (Å²) in [5.41, 5.74) is 0. The van der Waals surface area contributed by atoms with Gasteiger partial charge in [-0.3, -0.25) is 0 Å². The third-order valence-corrected chi connectivity index (χ3v) is 3.38. The van der Waals surface area contributed by atoms with Gasteiger partial charge >= 0.3 is 0 Å². The zero-order valence-corrected chi connectivity index (χ0v) is 11.6. The van der Waals surface area contributed by atoms with Gasteiger partial charge in [0, 0.05) is 31.2 Å². The van der Waals surface area contributed by atoms with Gasteiger partial charge < -0.3 is 9.64 Å². The maximum Gasteiger partial charge on any atom is 0.228 e. The molecule has 1 aromatic heterocycles. The van der Waals surface area contributed by atoms with Crippen molar-refractivity contribution in [3.63, 3.8) is 0 Å². The summed E-state index contributed by atoms with van der Waals surface area (Å²) in [7, 11) is 0. The number of halogens is 1. The first kappa shape index (κ1) is 13.4. The number of ether oxygens (including phenoxy) is 1. The van der Waals surface area contributed by atoms with Crippen molar-refractivity contribution in [2.45, 2.75) is 26.2 Å². The van der Waals surface area contributed by atoms with E-state index in [9.17, 15) is 0 Å². The van der Waals surface area contributed by atoms with Gasteiger partial charge in [-0.1, -0.05) is 6.92 Å². The summed E-state index contributed by atoms with van der Waals surface area (Å²) in [6.07, 6.45) is 5.00. The fourth-order valence-electron chi connectivity index (χ4n) is 2.18. The van der Waals surface area contributed by atoms with E-state index in [-0.39, 0.29) is 0 Å². The van der Waals surface area contributed by atoms with Crippen LogP contribution in [-0.2, 0) is 0 Å². The molecule has 1 unspecified atom stereocenters. The lowest BCUT2D eigenvalue weighted by atomic mass is 10.1. The van der Waals surface area contributed by atoms with Gasteiger partial charge in [-0.25, -0.2) is 4.98 Å². The van der Waals surface area contributed by atoms with Crippen molar-refractivity contribution in [2.75, 3.05) is 30.5 Å². The Balaban J connectivity index is 1.96. The highest BCUT2D eigenvalue weighted by Gasteiger charge is 2.23. The summed E-state index contributed by atoms with van der Waals surface area (Å²) >= 11 is 5.79. The van der Waals surface area contributed by atoms with Crippen LogP contribution in [-0.4, -0.2) is 35.5 Å². The van der Waals surface area contributed by atoms with Gasteiger partial charge in [0.25, 0.3) is 0 Å². The van der Waals surface area contributed by atoms with Crippen LogP contribution in [0.3, 0.4) is 0 Å². The molecule has 0 radical (unpaired) electrons. The van der Waals surface area contributed by atoms with E-state index >= 15 is 0 Å². The van der Waals surface area contributed by atoms with Crippen LogP contribution in [0.25, 0.3) is 0 Å². The van der Waals surface area contributed by atoms with E-state index in [2.05, 4.69) is 21.8 Å². The summed E-state index contributed by atoms with van der Waals surface area (Å²) in [6, 6.07) is 1.81. The van der Waals surface area contributed by atoms with Gasteiger partial charge in [0.05, 0.1) is 6.61 Å². The number of hydrogen-bond acceptors (Lipinski definition) is 4. The van der Waals surface area contributed by atoms with Gasteiger partial charge in [0.15, 0.2) is 0 Å². The Kier molecular flexibility index (Phi) is 5.05. The molecule has 1 aliphatic heterocycles. The minimum atomic E-state index is 0.669. The lowest BCUT2D eigenvalue weighted by Crippen LogP contribution is -2.22. The molecule has 0 aromatic carbocycles. The summed E-state index contributed by atoms with van der Waals surface area (Å²) < 4.78 is 5.53. The van der Waals surface area contributed by atoms with Crippen LogP contribution in [0.5, 0.6) is 5.88 Å². The molecule has 0 N–H and O–H groups in total. The molecule has 100 valence electrons. The highest BCUT2D eigenvalue weighted by molar-refractivity contribution is 6.17. The van der Waals surface area contributed by atoms with E-state index in [0.717, 1.165) is 37.8 Å². The molecule has 0 bridgehead atoms. The number of alkyl halides is 1. The van der Waals surface area contributed by atoms with Crippen molar-refractivity contribution in [1.82, 2.24) is 9.97 Å². The van der Waals surface area contributed by atoms with Crippen LogP contribution in [0.1, 0.15) is 26.2 Å². The lowest BCUT2D eigenvalue weighted by molar-refractivity contribution is 0.305. The third kappa shape index (κ3) is 3.48. The number of nitrogens with zero attached hydrogens (tertiary/aromatic N) is 3. The van der Waals surface area contributed by atoms with Gasteiger partial charge in [0.1, 0.15) is 0 Å². The Morgan fingerprint density at radius 3 is 3.22 bits per heavy atom. The highest BCUT2D eigenvalue weighted by atomic mass is 35.5. The Labute approximate surface area is 113 Å². The average Bonchev–Trinajstić information content (AvgIpc) is 2.86. The Bertz CT molecular complexity index is 375. The number of hydrogen-bond donors (Lipinski definition) is 0. The minimum absolute atomic E-state index is 0.669. The maximum atomic E-state index is 5.79. The van der Waals surface area contributed by atoms with Crippen LogP contribution >= 0.6 is 11.6 Å². The molecule has 1 fully saturated rings. The molecular weight excluding hydrogens is 250 g/mol. The molecule has 1 atom stereocenters. The standard InChI is InChI=1S/C13H20ClN3O/c1-2-9-18-12-4-7-15-13(16-12)17-8-5-11(10-17)3-6-14/h4,7,11H,2-3,5-6,8-10H2,1H3. The molecule has 0 aliphatic carbocycles. The predicted octanol–water partition coefficient (Wildman–Crippen LogP) is 2.72. The fourth-order valence-corrected chi connectivity index (χ4v) is 2.48. The molecule has 18 heavy (non-hydrogen) atoms. The largest absolute Gasteiger partial charge is 0.478 e. The second-order valence-corrected chi connectivity index (χ2v) is 5.00. The van der Waals surface area contributed by atoms with Crippen LogP contribution in [0.15, 0.2) is 12.3 Å². The molecule has 2 rings (SSSR count). The van der Waals surface area contributed by atoms with Crippen LogP contribution in [0.4, 0.5) is 5.95 Å². The van der Waals surface area contributed by atoms with Crippen molar-refractivity contribution in [3.05, 3.63) is 12.3 Å². The zero-order chi connectivity index (χ0) is 12.8. The topological polar surface area (TPSA) is 38.2 Å². The van der Waals surface area contributed by atoms with E-state index in [0.29, 0.717) is 18.4 Å². The van der Waals surface area contributed by atoms with Crippen molar-refractivity contribution >= 4 is 17.5 Å². The Morgan fingerprint density at radius 2 is 2.44 bits per heavy atom. The fraction of sp³-hybridized carbons (Fsp3) is 0.692. The monoisotopic (exact) mass is 269 g/mol.